The molecule has 0 N–H and O–H groups in total. The maximum Gasteiger partial charge on any atom is 0.224 e. The number of anilines is 1. The quantitative estimate of drug-likeness (QED) is 0.698. The van der Waals surface area contributed by atoms with Crippen LogP contribution in [0, 0.1) is 11.6 Å². The number of hydrogen-bond donors (Lipinski definition) is 0. The zero-order valence-corrected chi connectivity index (χ0v) is 14.9. The van der Waals surface area contributed by atoms with Crippen molar-refractivity contribution < 1.29 is 18.3 Å². The highest BCUT2D eigenvalue weighted by Gasteiger charge is 2.29. The third-order valence-corrected chi connectivity index (χ3v) is 4.77. The number of hydrogen-bond acceptors (Lipinski definition) is 2. The number of carbonyl (C=O) groups excluding carboxylic acids is 1. The van der Waals surface area contributed by atoms with E-state index in [1.165, 1.54) is 13.0 Å². The van der Waals surface area contributed by atoms with Gasteiger partial charge in [0.15, 0.2) is 11.6 Å². The minimum absolute atomic E-state index is 0.0375. The van der Waals surface area contributed by atoms with Gasteiger partial charge in [0.25, 0.3) is 0 Å². The van der Waals surface area contributed by atoms with Crippen LogP contribution in [-0.2, 0) is 11.2 Å². The van der Waals surface area contributed by atoms with Crippen LogP contribution in [0.4, 0.5) is 14.5 Å². The van der Waals surface area contributed by atoms with Gasteiger partial charge in [-0.3, -0.25) is 4.79 Å². The molecule has 0 radical (unpaired) electrons. The van der Waals surface area contributed by atoms with Crippen molar-refractivity contribution in [2.24, 2.45) is 0 Å². The molecule has 1 amide bonds. The first kappa shape index (κ1) is 16.9. The second-order valence-electron chi connectivity index (χ2n) is 5.83. The fourth-order valence-electron chi connectivity index (χ4n) is 3.02. The summed E-state index contributed by atoms with van der Waals surface area (Å²) in [5.41, 5.74) is 1.67. The Balaban J connectivity index is 2.05. The number of fused-ring (bicyclic) bond motifs is 1. The Hall–Kier alpha value is -1.95. The molecule has 0 saturated heterocycles. The van der Waals surface area contributed by atoms with E-state index in [1.807, 2.05) is 13.0 Å². The van der Waals surface area contributed by atoms with Gasteiger partial charge in [0, 0.05) is 24.6 Å². The van der Waals surface area contributed by atoms with Crippen LogP contribution in [0.2, 0.25) is 0 Å². The molecule has 3 nitrogen and oxygen atoms in total. The molecule has 1 atom stereocenters. The molecule has 0 bridgehead atoms. The van der Waals surface area contributed by atoms with Gasteiger partial charge >= 0.3 is 0 Å². The van der Waals surface area contributed by atoms with Crippen molar-refractivity contribution in [3.8, 4) is 11.5 Å². The highest BCUT2D eigenvalue weighted by Crippen LogP contribution is 2.43. The van der Waals surface area contributed by atoms with Crippen LogP contribution in [0.1, 0.15) is 25.8 Å². The largest absolute Gasteiger partial charge is 0.456 e. The minimum Gasteiger partial charge on any atom is -0.456 e. The molecule has 0 fully saturated rings. The number of ether oxygens (including phenoxy) is 1. The van der Waals surface area contributed by atoms with Gasteiger partial charge in [-0.1, -0.05) is 0 Å². The summed E-state index contributed by atoms with van der Waals surface area (Å²) in [5, 5.41) is 0. The highest BCUT2D eigenvalue weighted by molar-refractivity contribution is 9.10. The molecule has 2 aromatic rings. The van der Waals surface area contributed by atoms with Crippen molar-refractivity contribution in [3.63, 3.8) is 0 Å². The van der Waals surface area contributed by atoms with Crippen LogP contribution in [0.25, 0.3) is 0 Å². The highest BCUT2D eigenvalue weighted by atomic mass is 79.9. The van der Waals surface area contributed by atoms with Crippen LogP contribution in [0.15, 0.2) is 34.8 Å². The number of amides is 1. The predicted molar refractivity (Wildman–Crippen MR) is 91.5 cm³/mol. The van der Waals surface area contributed by atoms with Crippen molar-refractivity contribution in [1.29, 1.82) is 0 Å². The van der Waals surface area contributed by atoms with Crippen LogP contribution < -0.4 is 9.64 Å². The first-order valence-corrected chi connectivity index (χ1v) is 8.42. The van der Waals surface area contributed by atoms with Gasteiger partial charge in [0.05, 0.1) is 10.2 Å². The van der Waals surface area contributed by atoms with Gasteiger partial charge in [-0.2, -0.15) is 0 Å². The summed E-state index contributed by atoms with van der Waals surface area (Å²) in [6.45, 7) is 3.53. The summed E-state index contributed by atoms with van der Waals surface area (Å²) in [5.74, 6) is -1.20. The molecule has 126 valence electrons. The lowest BCUT2D eigenvalue weighted by Crippen LogP contribution is -2.40. The standard InChI is InChI=1S/C18H16BrF2NO2/c1-10-3-5-13-17(22(10)11(2)23)8-6-14(19)18(13)24-12-4-7-15(20)16(21)9-12/h4,6-10H,3,5H2,1-2H3/t10-/m0/s1. The van der Waals surface area contributed by atoms with Crippen molar-refractivity contribution in [2.75, 3.05) is 4.90 Å². The lowest BCUT2D eigenvalue weighted by Gasteiger charge is -2.35. The van der Waals surface area contributed by atoms with Crippen LogP contribution >= 0.6 is 15.9 Å². The van der Waals surface area contributed by atoms with E-state index >= 15 is 0 Å². The fourth-order valence-corrected chi connectivity index (χ4v) is 3.48. The van der Waals surface area contributed by atoms with E-state index in [0.29, 0.717) is 10.2 Å². The molecule has 0 saturated carbocycles. The Bertz CT molecular complexity index is 810. The Kier molecular flexibility index (Phi) is 4.58. The first-order chi connectivity index (χ1) is 11.4. The summed E-state index contributed by atoms with van der Waals surface area (Å²) in [7, 11) is 0. The molecule has 0 spiro atoms. The normalized spacial score (nSPS) is 16.7. The van der Waals surface area contributed by atoms with Crippen LogP contribution in [0.5, 0.6) is 11.5 Å². The average Bonchev–Trinajstić information content (AvgIpc) is 2.53. The maximum absolute atomic E-state index is 13.4. The summed E-state index contributed by atoms with van der Waals surface area (Å²) in [4.78, 5) is 13.7. The molecule has 24 heavy (non-hydrogen) atoms. The molecule has 0 aliphatic carbocycles. The summed E-state index contributed by atoms with van der Waals surface area (Å²) in [6.07, 6.45) is 1.54. The zero-order valence-electron chi connectivity index (χ0n) is 13.3. The molecule has 1 aliphatic heterocycles. The van der Waals surface area contributed by atoms with Crippen LogP contribution in [-0.4, -0.2) is 11.9 Å². The lowest BCUT2D eigenvalue weighted by molar-refractivity contribution is -0.117. The number of halogens is 3. The fraction of sp³-hybridized carbons (Fsp3) is 0.278. The lowest BCUT2D eigenvalue weighted by atomic mass is 9.95. The Morgan fingerprint density at radius 2 is 2.00 bits per heavy atom. The van der Waals surface area contributed by atoms with E-state index in [4.69, 9.17) is 4.74 Å². The van der Waals surface area contributed by atoms with Crippen molar-refractivity contribution in [3.05, 3.63) is 52.0 Å². The monoisotopic (exact) mass is 395 g/mol. The van der Waals surface area contributed by atoms with Gasteiger partial charge in [0.2, 0.25) is 5.91 Å². The molecule has 1 aliphatic rings. The molecule has 1 heterocycles. The Morgan fingerprint density at radius 3 is 2.67 bits per heavy atom. The molecule has 2 aromatic carbocycles. The third-order valence-electron chi connectivity index (χ3n) is 4.15. The van der Waals surface area contributed by atoms with Crippen LogP contribution in [0.3, 0.4) is 0 Å². The van der Waals surface area contributed by atoms with E-state index in [1.54, 1.807) is 11.0 Å². The number of nitrogens with zero attached hydrogens (tertiary/aromatic N) is 1. The van der Waals surface area contributed by atoms with E-state index in [2.05, 4.69) is 15.9 Å². The zero-order chi connectivity index (χ0) is 17.4. The smallest absolute Gasteiger partial charge is 0.224 e. The minimum atomic E-state index is -0.965. The van der Waals surface area contributed by atoms with E-state index in [0.717, 1.165) is 36.2 Å². The number of carbonyl (C=O) groups is 1. The van der Waals surface area contributed by atoms with E-state index in [9.17, 15) is 13.6 Å². The Morgan fingerprint density at radius 1 is 1.25 bits per heavy atom. The van der Waals surface area contributed by atoms with Crippen molar-refractivity contribution in [1.82, 2.24) is 0 Å². The van der Waals surface area contributed by atoms with Gasteiger partial charge in [-0.05, 0) is 60.0 Å². The molecule has 6 heteroatoms. The van der Waals surface area contributed by atoms with Crippen molar-refractivity contribution in [2.45, 2.75) is 32.7 Å². The predicted octanol–water partition coefficient (Wildman–Crippen LogP) is 5.21. The van der Waals surface area contributed by atoms with E-state index in [-0.39, 0.29) is 17.7 Å². The molecule has 0 unspecified atom stereocenters. The van der Waals surface area contributed by atoms with E-state index < -0.39 is 11.6 Å². The second kappa shape index (κ2) is 6.51. The summed E-state index contributed by atoms with van der Waals surface area (Å²) >= 11 is 3.44. The van der Waals surface area contributed by atoms with Crippen molar-refractivity contribution >= 4 is 27.5 Å². The third kappa shape index (κ3) is 3.02. The SMILES string of the molecule is CC(=O)N1c2ccc(Br)c(Oc3ccc(F)c(F)c3)c2CC[C@@H]1C. The van der Waals surface area contributed by atoms with Gasteiger partial charge in [-0.15, -0.1) is 0 Å². The second-order valence-corrected chi connectivity index (χ2v) is 6.68. The summed E-state index contributed by atoms with van der Waals surface area (Å²) < 4.78 is 33.0. The number of rotatable bonds is 2. The van der Waals surface area contributed by atoms with Gasteiger partial charge in [0.1, 0.15) is 11.5 Å². The van der Waals surface area contributed by atoms with Gasteiger partial charge < -0.3 is 9.64 Å². The molecule has 3 rings (SSSR count). The molecular formula is C18H16BrF2NO2. The Labute approximate surface area is 147 Å². The maximum atomic E-state index is 13.4. The topological polar surface area (TPSA) is 29.5 Å². The van der Waals surface area contributed by atoms with Gasteiger partial charge in [-0.25, -0.2) is 8.78 Å². The summed E-state index contributed by atoms with van der Waals surface area (Å²) in [6, 6.07) is 7.18. The molecule has 0 aromatic heterocycles. The average molecular weight is 396 g/mol. The first-order valence-electron chi connectivity index (χ1n) is 7.62. The number of benzene rings is 2. The molecular weight excluding hydrogens is 380 g/mol.